The summed E-state index contributed by atoms with van der Waals surface area (Å²) in [7, 11) is 0. The second-order valence-corrected chi connectivity index (χ2v) is 7.13. The van der Waals surface area contributed by atoms with Crippen LogP contribution in [0.5, 0.6) is 0 Å². The van der Waals surface area contributed by atoms with Crippen molar-refractivity contribution in [1.82, 2.24) is 9.55 Å². The molecule has 1 aliphatic rings. The first kappa shape index (κ1) is 14.8. The quantitative estimate of drug-likeness (QED) is 0.775. The molecule has 3 atom stereocenters. The molecule has 0 aliphatic carbocycles. The molecule has 4 heterocycles. The lowest BCUT2D eigenvalue weighted by molar-refractivity contribution is -0.0430. The molecule has 3 aromatic heterocycles. The van der Waals surface area contributed by atoms with Gasteiger partial charge in [0.2, 0.25) is 0 Å². The normalized spacial score (nSPS) is 24.6. The minimum Gasteiger partial charge on any atom is -0.394 e. The van der Waals surface area contributed by atoms with Crippen molar-refractivity contribution >= 4 is 22.4 Å². The van der Waals surface area contributed by atoms with E-state index in [0.717, 1.165) is 16.6 Å². The fourth-order valence-electron chi connectivity index (χ4n) is 3.13. The molecule has 0 radical (unpaired) electrons. The summed E-state index contributed by atoms with van der Waals surface area (Å²) >= 11 is 1.76. The average Bonchev–Trinajstić information content (AvgIpc) is 3.24. The molecule has 0 amide bonds. The Morgan fingerprint density at radius 1 is 1.35 bits per heavy atom. The van der Waals surface area contributed by atoms with Gasteiger partial charge >= 0.3 is 0 Å². The molecule has 1 fully saturated rings. The smallest absolute Gasteiger partial charge is 0.142 e. The van der Waals surface area contributed by atoms with Gasteiger partial charge in [0.15, 0.2) is 0 Å². The first-order chi connectivity index (χ1) is 11.2. The summed E-state index contributed by atoms with van der Waals surface area (Å²) in [4.78, 5) is 6.99. The molecule has 0 unspecified atom stereocenters. The molecule has 0 saturated carbocycles. The van der Waals surface area contributed by atoms with E-state index in [1.54, 1.807) is 17.5 Å². The van der Waals surface area contributed by atoms with Crippen LogP contribution in [0.25, 0.3) is 21.5 Å². The number of pyridine rings is 1. The Bertz CT molecular complexity index is 841. The molecule has 2 N–H and O–H groups in total. The number of aryl methyl sites for hydroxylation is 1. The van der Waals surface area contributed by atoms with Crippen LogP contribution >= 0.6 is 11.3 Å². The second-order valence-electron chi connectivity index (χ2n) is 5.84. The van der Waals surface area contributed by atoms with Gasteiger partial charge in [0.1, 0.15) is 18.0 Å². The third-order valence-electron chi connectivity index (χ3n) is 4.32. The number of hydrogen-bond acceptors (Lipinski definition) is 5. The van der Waals surface area contributed by atoms with E-state index in [2.05, 4.69) is 24.0 Å². The molecule has 0 bridgehead atoms. The van der Waals surface area contributed by atoms with Gasteiger partial charge in [-0.25, -0.2) is 4.98 Å². The van der Waals surface area contributed by atoms with Crippen molar-refractivity contribution in [3.8, 4) is 10.4 Å². The van der Waals surface area contributed by atoms with E-state index in [1.807, 2.05) is 22.9 Å². The molecule has 6 heteroatoms. The summed E-state index contributed by atoms with van der Waals surface area (Å²) in [5, 5.41) is 20.3. The molecule has 3 aromatic rings. The van der Waals surface area contributed by atoms with Gasteiger partial charge in [0.05, 0.1) is 12.7 Å². The van der Waals surface area contributed by atoms with Crippen LogP contribution in [0.4, 0.5) is 0 Å². The zero-order valence-corrected chi connectivity index (χ0v) is 13.5. The molecule has 4 rings (SSSR count). The molecule has 1 saturated heterocycles. The van der Waals surface area contributed by atoms with Crippen LogP contribution in [0.3, 0.4) is 0 Å². The predicted octanol–water partition coefficient (Wildman–Crippen LogP) is 2.71. The van der Waals surface area contributed by atoms with E-state index >= 15 is 0 Å². The van der Waals surface area contributed by atoms with Gasteiger partial charge in [-0.15, -0.1) is 11.3 Å². The number of aliphatic hydroxyl groups is 2. The number of hydrogen-bond donors (Lipinski definition) is 2. The van der Waals surface area contributed by atoms with Gasteiger partial charge in [-0.2, -0.15) is 0 Å². The fourth-order valence-corrected chi connectivity index (χ4v) is 4.04. The number of nitrogens with zero attached hydrogens (tertiary/aromatic N) is 2. The van der Waals surface area contributed by atoms with Gasteiger partial charge in [-0.05, 0) is 31.2 Å². The first-order valence-electron chi connectivity index (χ1n) is 7.64. The van der Waals surface area contributed by atoms with Crippen LogP contribution in [0, 0.1) is 6.92 Å². The summed E-state index contributed by atoms with van der Waals surface area (Å²) in [6.45, 7) is 1.92. The second kappa shape index (κ2) is 5.72. The summed E-state index contributed by atoms with van der Waals surface area (Å²) in [5.41, 5.74) is 1.99. The van der Waals surface area contributed by atoms with Crippen molar-refractivity contribution in [2.24, 2.45) is 0 Å². The number of aliphatic hydroxyl groups excluding tert-OH is 2. The number of ether oxygens (including phenoxy) is 1. The van der Waals surface area contributed by atoms with E-state index < -0.39 is 12.2 Å². The van der Waals surface area contributed by atoms with E-state index in [-0.39, 0.29) is 12.8 Å². The maximum Gasteiger partial charge on any atom is 0.142 e. The van der Waals surface area contributed by atoms with Crippen molar-refractivity contribution in [2.45, 2.75) is 31.8 Å². The molecule has 0 spiro atoms. The summed E-state index contributed by atoms with van der Waals surface area (Å²) < 4.78 is 7.69. The zero-order valence-electron chi connectivity index (χ0n) is 12.7. The Morgan fingerprint density at radius 3 is 2.91 bits per heavy atom. The number of thiophene rings is 1. The van der Waals surface area contributed by atoms with Crippen LogP contribution in [0.15, 0.2) is 36.7 Å². The van der Waals surface area contributed by atoms with Crippen molar-refractivity contribution < 1.29 is 14.9 Å². The average molecular weight is 330 g/mol. The number of aromatic nitrogens is 2. The third-order valence-corrected chi connectivity index (χ3v) is 5.35. The lowest BCUT2D eigenvalue weighted by atomic mass is 10.1. The Hall–Kier alpha value is -1.73. The fraction of sp³-hybridized carbons (Fsp3) is 0.353. The standard InChI is InChI=1S/C17H18N2O3S/c1-10-2-3-15(23-10)11-4-6-18-17-12(11)5-7-19(17)16-8-13(21)14(9-20)22-16/h2-7,13-14,16,20-21H,8-9H2,1H3/t13-,14+,16+/m0/s1. The van der Waals surface area contributed by atoms with E-state index in [4.69, 9.17) is 4.74 Å². The minimum absolute atomic E-state index is 0.177. The number of fused-ring (bicyclic) bond motifs is 1. The zero-order chi connectivity index (χ0) is 16.0. The maximum absolute atomic E-state index is 9.95. The van der Waals surface area contributed by atoms with Crippen LogP contribution in [-0.2, 0) is 4.74 Å². The van der Waals surface area contributed by atoms with E-state index in [1.165, 1.54) is 9.75 Å². The molecular weight excluding hydrogens is 312 g/mol. The molecule has 120 valence electrons. The van der Waals surface area contributed by atoms with Gasteiger partial charge in [0, 0.05) is 39.5 Å². The lowest BCUT2D eigenvalue weighted by Crippen LogP contribution is -2.24. The SMILES string of the molecule is Cc1ccc(-c2ccnc3c2ccn3[C@H]2C[C@H](O)[C@@H](CO)O2)s1. The van der Waals surface area contributed by atoms with Crippen LogP contribution in [0.1, 0.15) is 17.5 Å². The van der Waals surface area contributed by atoms with Crippen molar-refractivity contribution in [3.63, 3.8) is 0 Å². The maximum atomic E-state index is 9.95. The monoisotopic (exact) mass is 330 g/mol. The highest BCUT2D eigenvalue weighted by molar-refractivity contribution is 7.15. The Morgan fingerprint density at radius 2 is 2.22 bits per heavy atom. The predicted molar refractivity (Wildman–Crippen MR) is 89.4 cm³/mol. The highest BCUT2D eigenvalue weighted by Crippen LogP contribution is 2.36. The van der Waals surface area contributed by atoms with Gasteiger partial charge in [0.25, 0.3) is 0 Å². The third kappa shape index (κ3) is 2.48. The largest absolute Gasteiger partial charge is 0.394 e. The highest BCUT2D eigenvalue weighted by Gasteiger charge is 2.35. The highest BCUT2D eigenvalue weighted by atomic mass is 32.1. The van der Waals surface area contributed by atoms with Crippen molar-refractivity contribution in [1.29, 1.82) is 0 Å². The van der Waals surface area contributed by atoms with Crippen LogP contribution in [-0.4, -0.2) is 38.6 Å². The van der Waals surface area contributed by atoms with Crippen LogP contribution in [0.2, 0.25) is 0 Å². The minimum atomic E-state index is -0.648. The molecule has 1 aliphatic heterocycles. The molecule has 5 nitrogen and oxygen atoms in total. The van der Waals surface area contributed by atoms with Crippen LogP contribution < -0.4 is 0 Å². The van der Waals surface area contributed by atoms with E-state index in [0.29, 0.717) is 6.42 Å². The summed E-state index contributed by atoms with van der Waals surface area (Å²) in [5.74, 6) is 0. The molecule has 0 aromatic carbocycles. The Labute approximate surface area is 137 Å². The topological polar surface area (TPSA) is 67.5 Å². The molecule has 23 heavy (non-hydrogen) atoms. The van der Waals surface area contributed by atoms with E-state index in [9.17, 15) is 10.2 Å². The van der Waals surface area contributed by atoms with Crippen molar-refractivity contribution in [3.05, 3.63) is 41.5 Å². The lowest BCUT2D eigenvalue weighted by Gasteiger charge is -2.14. The summed E-state index contributed by atoms with van der Waals surface area (Å²) in [6, 6.07) is 8.31. The summed E-state index contributed by atoms with van der Waals surface area (Å²) in [6.07, 6.45) is 2.73. The van der Waals surface area contributed by atoms with Gasteiger partial charge < -0.3 is 19.5 Å². The molecular formula is C17H18N2O3S. The van der Waals surface area contributed by atoms with Crippen molar-refractivity contribution in [2.75, 3.05) is 6.61 Å². The Balaban J connectivity index is 1.76. The number of rotatable bonds is 3. The van der Waals surface area contributed by atoms with Gasteiger partial charge in [-0.1, -0.05) is 0 Å². The first-order valence-corrected chi connectivity index (χ1v) is 8.46. The Kier molecular flexibility index (Phi) is 3.69. The van der Waals surface area contributed by atoms with Gasteiger partial charge in [-0.3, -0.25) is 0 Å².